The van der Waals surface area contributed by atoms with Gasteiger partial charge in [-0.3, -0.25) is 0 Å². The lowest BCUT2D eigenvalue weighted by molar-refractivity contribution is -0.665. The van der Waals surface area contributed by atoms with E-state index in [2.05, 4.69) is 76.6 Å². The Kier molecular flexibility index (Phi) is 2.57. The summed E-state index contributed by atoms with van der Waals surface area (Å²) in [5.41, 5.74) is 8.94. The Morgan fingerprint density at radius 2 is 1.74 bits per heavy atom. The Labute approximate surface area is 140 Å². The number of pyridine rings is 1. The fraction of sp³-hybridized carbons (Fsp3) is 0.318. The summed E-state index contributed by atoms with van der Waals surface area (Å²) in [5, 5.41) is 2.34. The lowest BCUT2D eigenvalue weighted by Gasteiger charge is -2.35. The molecule has 0 radical (unpaired) electrons. The number of fused-ring (bicyclic) bond motifs is 2. The van der Waals surface area contributed by atoms with Crippen molar-refractivity contribution in [1.29, 1.82) is 0 Å². The third kappa shape index (κ3) is 1.71. The van der Waals surface area contributed by atoms with Gasteiger partial charge in [-0.2, -0.15) is 4.57 Å². The van der Waals surface area contributed by atoms with Crippen molar-refractivity contribution in [2.75, 3.05) is 0 Å². The number of nitrogens with zero attached hydrogens (tertiary/aromatic N) is 1. The van der Waals surface area contributed by atoms with Crippen molar-refractivity contribution in [2.24, 2.45) is 7.05 Å². The van der Waals surface area contributed by atoms with E-state index in [0.717, 1.165) is 11.1 Å². The lowest BCUT2D eigenvalue weighted by atomic mass is 9.67. The van der Waals surface area contributed by atoms with E-state index in [1.807, 2.05) is 0 Å². The van der Waals surface area contributed by atoms with Gasteiger partial charge >= 0.3 is 0 Å². The highest BCUT2D eigenvalue weighted by Gasteiger charge is 2.39. The summed E-state index contributed by atoms with van der Waals surface area (Å²) in [4.78, 5) is 0. The molecule has 0 atom stereocenters. The summed E-state index contributed by atoms with van der Waals surface area (Å²) in [5.74, 6) is 0. The van der Waals surface area contributed by atoms with E-state index < -0.39 is 0 Å². The van der Waals surface area contributed by atoms with Crippen molar-refractivity contribution >= 4 is 10.8 Å². The molecule has 0 bridgehead atoms. The van der Waals surface area contributed by atoms with E-state index in [1.165, 1.54) is 38.9 Å². The third-order valence-electron chi connectivity index (χ3n) is 5.61. The van der Waals surface area contributed by atoms with E-state index in [9.17, 15) is 0 Å². The van der Waals surface area contributed by atoms with Crippen LogP contribution in [0.1, 0.15) is 43.2 Å². The molecule has 0 amide bonds. The molecule has 23 heavy (non-hydrogen) atoms. The standard InChI is InChI=1S/C22H24N/c1-13-8-7-9-17-18(13)21-19-16(12-15(3)23(21)6)11-10-14(2)20(19)22(17,4)5/h7-12H,1-6H3/q+1/i12D. The second-order valence-corrected chi connectivity index (χ2v) is 7.42. The maximum Gasteiger partial charge on any atom is 0.221 e. The number of aromatic nitrogens is 1. The minimum Gasteiger partial charge on any atom is -0.198 e. The molecule has 0 aliphatic heterocycles. The fourth-order valence-corrected chi connectivity index (χ4v) is 4.41. The van der Waals surface area contributed by atoms with Crippen LogP contribution in [0.25, 0.3) is 22.0 Å². The molecule has 0 fully saturated rings. The average molecular weight is 303 g/mol. The SMILES string of the molecule is [2H]c1c(C)[n+](C)c2c3c(c(C)ccc13)C(C)(C)c1cccc(C)c1-2. The molecular weight excluding hydrogens is 278 g/mol. The Morgan fingerprint density at radius 3 is 2.48 bits per heavy atom. The molecule has 1 aromatic heterocycles. The van der Waals surface area contributed by atoms with Crippen LogP contribution in [0.4, 0.5) is 0 Å². The summed E-state index contributed by atoms with van der Waals surface area (Å²) in [6.45, 7) is 11.1. The van der Waals surface area contributed by atoms with Crippen LogP contribution in [-0.4, -0.2) is 0 Å². The maximum atomic E-state index is 8.64. The number of aryl methyl sites for hydroxylation is 2. The molecule has 1 nitrogen and oxygen atoms in total. The molecule has 1 heterocycles. The number of benzene rings is 2. The highest BCUT2D eigenvalue weighted by atomic mass is 14.9. The second-order valence-electron chi connectivity index (χ2n) is 7.42. The largest absolute Gasteiger partial charge is 0.221 e. The van der Waals surface area contributed by atoms with Gasteiger partial charge in [0.2, 0.25) is 5.69 Å². The first-order valence-corrected chi connectivity index (χ1v) is 8.30. The normalized spacial score (nSPS) is 15.5. The summed E-state index contributed by atoms with van der Waals surface area (Å²) < 4.78 is 10.9. The maximum absolute atomic E-state index is 8.64. The zero-order chi connectivity index (χ0) is 17.4. The van der Waals surface area contributed by atoms with Crippen LogP contribution >= 0.6 is 0 Å². The fourth-order valence-electron chi connectivity index (χ4n) is 4.41. The van der Waals surface area contributed by atoms with Gasteiger partial charge in [0.15, 0.2) is 5.69 Å². The van der Waals surface area contributed by atoms with Crippen LogP contribution in [0.5, 0.6) is 0 Å². The van der Waals surface area contributed by atoms with Crippen molar-refractivity contribution < 1.29 is 5.94 Å². The molecule has 1 aliphatic carbocycles. The van der Waals surface area contributed by atoms with Crippen LogP contribution in [0.15, 0.2) is 36.4 Å². The minimum absolute atomic E-state index is 0.0629. The summed E-state index contributed by atoms with van der Waals surface area (Å²) >= 11 is 0. The molecule has 0 saturated carbocycles. The first kappa shape index (κ1) is 13.3. The third-order valence-corrected chi connectivity index (χ3v) is 5.61. The summed E-state index contributed by atoms with van der Waals surface area (Å²) in [6, 6.07) is 11.6. The number of hydrogen-bond donors (Lipinski definition) is 0. The van der Waals surface area contributed by atoms with E-state index in [-0.39, 0.29) is 5.41 Å². The van der Waals surface area contributed by atoms with E-state index in [4.69, 9.17) is 1.37 Å². The topological polar surface area (TPSA) is 3.88 Å². The molecule has 1 aliphatic rings. The smallest absolute Gasteiger partial charge is 0.198 e. The van der Waals surface area contributed by atoms with Gasteiger partial charge in [0.1, 0.15) is 7.05 Å². The Morgan fingerprint density at radius 1 is 1.00 bits per heavy atom. The van der Waals surface area contributed by atoms with Crippen LogP contribution in [0.2, 0.25) is 0 Å². The Bertz CT molecular complexity index is 1030. The molecule has 116 valence electrons. The Balaban J connectivity index is 2.40. The molecule has 2 aromatic carbocycles. The number of hydrogen-bond acceptors (Lipinski definition) is 0. The molecule has 0 N–H and O–H groups in total. The second kappa shape index (κ2) is 4.44. The lowest BCUT2D eigenvalue weighted by Crippen LogP contribution is -2.39. The van der Waals surface area contributed by atoms with Crippen molar-refractivity contribution in [3.05, 3.63) is 64.3 Å². The van der Waals surface area contributed by atoms with Gasteiger partial charge in [0, 0.05) is 18.4 Å². The van der Waals surface area contributed by atoms with Gasteiger partial charge in [-0.15, -0.1) is 0 Å². The van der Waals surface area contributed by atoms with Gasteiger partial charge in [-0.25, -0.2) is 0 Å². The molecule has 3 aromatic rings. The molecule has 1 heteroatoms. The van der Waals surface area contributed by atoms with Gasteiger partial charge < -0.3 is 0 Å². The van der Waals surface area contributed by atoms with Crippen LogP contribution in [0.3, 0.4) is 0 Å². The van der Waals surface area contributed by atoms with Gasteiger partial charge in [0.05, 0.1) is 12.3 Å². The van der Waals surface area contributed by atoms with E-state index in [0.29, 0.717) is 6.04 Å². The van der Waals surface area contributed by atoms with Crippen molar-refractivity contribution in [3.63, 3.8) is 0 Å². The molecule has 4 rings (SSSR count). The van der Waals surface area contributed by atoms with Crippen LogP contribution < -0.4 is 4.57 Å². The van der Waals surface area contributed by atoms with Crippen molar-refractivity contribution in [2.45, 2.75) is 40.0 Å². The average Bonchev–Trinajstić information content (AvgIpc) is 2.53. The van der Waals surface area contributed by atoms with E-state index in [1.54, 1.807) is 0 Å². The van der Waals surface area contributed by atoms with Crippen LogP contribution in [-0.2, 0) is 12.5 Å². The molecule has 0 spiro atoms. The monoisotopic (exact) mass is 303 g/mol. The summed E-state index contributed by atoms with van der Waals surface area (Å²) in [6.07, 6.45) is 0. The van der Waals surface area contributed by atoms with Gasteiger partial charge in [-0.05, 0) is 41.5 Å². The zero-order valence-corrected chi connectivity index (χ0v) is 14.8. The highest BCUT2D eigenvalue weighted by Crippen LogP contribution is 2.49. The van der Waals surface area contributed by atoms with Crippen LogP contribution in [0, 0.1) is 20.8 Å². The predicted molar refractivity (Wildman–Crippen MR) is 96.9 cm³/mol. The quantitative estimate of drug-likeness (QED) is 0.520. The Hall–Kier alpha value is -2.15. The first-order chi connectivity index (χ1) is 11.3. The minimum atomic E-state index is -0.0629. The van der Waals surface area contributed by atoms with Crippen molar-refractivity contribution in [1.82, 2.24) is 0 Å². The molecule has 0 saturated heterocycles. The van der Waals surface area contributed by atoms with Crippen molar-refractivity contribution in [3.8, 4) is 11.3 Å². The highest BCUT2D eigenvalue weighted by molar-refractivity contribution is 6.01. The number of rotatable bonds is 0. The zero-order valence-electron chi connectivity index (χ0n) is 15.8. The first-order valence-electron chi connectivity index (χ1n) is 8.80. The molecular formula is C22H24N+. The van der Waals surface area contributed by atoms with Gasteiger partial charge in [-0.1, -0.05) is 44.2 Å². The van der Waals surface area contributed by atoms with E-state index >= 15 is 0 Å². The predicted octanol–water partition coefficient (Wildman–Crippen LogP) is 4.90. The van der Waals surface area contributed by atoms with Gasteiger partial charge in [0.25, 0.3) is 0 Å². The molecule has 0 unspecified atom stereocenters. The summed E-state index contributed by atoms with van der Waals surface area (Å²) in [7, 11) is 2.10.